The van der Waals surface area contributed by atoms with Crippen molar-refractivity contribution in [2.24, 2.45) is 5.16 Å². The zero-order valence-electron chi connectivity index (χ0n) is 21.8. The van der Waals surface area contributed by atoms with Crippen LogP contribution in [0.3, 0.4) is 0 Å². The summed E-state index contributed by atoms with van der Waals surface area (Å²) in [4.78, 5) is 21.5. The summed E-state index contributed by atoms with van der Waals surface area (Å²) in [6.07, 6.45) is 3.39. The van der Waals surface area contributed by atoms with Crippen LogP contribution in [0.15, 0.2) is 70.6 Å². The van der Waals surface area contributed by atoms with Gasteiger partial charge in [-0.1, -0.05) is 78.8 Å². The van der Waals surface area contributed by atoms with E-state index < -0.39 is 0 Å². The standard InChI is InChI=1S/C29H32N6O2/c1-19(2)26-32-29(37-34-26)25-14-16-35(17-15-25)27-20(3)28(31-18-30-27)36-33-21(4)22-10-12-24(13-11-22)23-8-6-5-7-9-23/h5-13,18-19,25H,14-17H2,1-4H3. The Morgan fingerprint density at radius 3 is 2.38 bits per heavy atom. The Morgan fingerprint density at radius 2 is 1.70 bits per heavy atom. The van der Waals surface area contributed by atoms with Gasteiger partial charge in [0, 0.05) is 24.9 Å². The van der Waals surface area contributed by atoms with Crippen molar-refractivity contribution >= 4 is 11.5 Å². The van der Waals surface area contributed by atoms with Crippen LogP contribution in [0.25, 0.3) is 11.1 Å². The third-order valence-corrected chi connectivity index (χ3v) is 6.81. The molecule has 190 valence electrons. The molecule has 0 bridgehead atoms. The number of benzene rings is 2. The molecule has 0 spiro atoms. The number of aromatic nitrogens is 4. The number of oxime groups is 1. The summed E-state index contributed by atoms with van der Waals surface area (Å²) in [5.74, 6) is 3.39. The van der Waals surface area contributed by atoms with Crippen molar-refractivity contribution in [2.45, 2.75) is 52.4 Å². The zero-order valence-corrected chi connectivity index (χ0v) is 21.8. The van der Waals surface area contributed by atoms with Crippen LogP contribution in [-0.4, -0.2) is 38.9 Å². The quantitative estimate of drug-likeness (QED) is 0.224. The van der Waals surface area contributed by atoms with Crippen LogP contribution >= 0.6 is 0 Å². The second-order valence-corrected chi connectivity index (χ2v) is 9.75. The molecule has 0 aliphatic carbocycles. The molecule has 1 fully saturated rings. The van der Waals surface area contributed by atoms with Gasteiger partial charge in [0.2, 0.25) is 5.89 Å². The lowest BCUT2D eigenvalue weighted by Crippen LogP contribution is -2.34. The molecule has 0 atom stereocenters. The van der Waals surface area contributed by atoms with E-state index in [1.807, 2.05) is 32.0 Å². The normalized spacial score (nSPS) is 14.8. The summed E-state index contributed by atoms with van der Waals surface area (Å²) < 4.78 is 5.53. The molecule has 1 aliphatic heterocycles. The minimum atomic E-state index is 0.264. The van der Waals surface area contributed by atoms with E-state index >= 15 is 0 Å². The molecule has 37 heavy (non-hydrogen) atoms. The van der Waals surface area contributed by atoms with E-state index in [9.17, 15) is 0 Å². The van der Waals surface area contributed by atoms with Crippen molar-refractivity contribution in [2.75, 3.05) is 18.0 Å². The van der Waals surface area contributed by atoms with Gasteiger partial charge in [-0.3, -0.25) is 0 Å². The molecule has 0 radical (unpaired) electrons. The molecule has 0 N–H and O–H groups in total. The average Bonchev–Trinajstić information content (AvgIpc) is 3.44. The molecule has 2 aromatic carbocycles. The van der Waals surface area contributed by atoms with Gasteiger partial charge in [0.25, 0.3) is 5.88 Å². The van der Waals surface area contributed by atoms with Gasteiger partial charge in [0.1, 0.15) is 12.1 Å². The lowest BCUT2D eigenvalue weighted by Gasteiger charge is -2.32. The first-order chi connectivity index (χ1) is 18.0. The molecular formula is C29H32N6O2. The molecule has 5 rings (SSSR count). The largest absolute Gasteiger partial charge is 0.356 e. The number of hydrogen-bond donors (Lipinski definition) is 0. The predicted octanol–water partition coefficient (Wildman–Crippen LogP) is 6.15. The number of anilines is 1. The van der Waals surface area contributed by atoms with Crippen molar-refractivity contribution in [3.05, 3.63) is 83.8 Å². The third-order valence-electron chi connectivity index (χ3n) is 6.81. The maximum absolute atomic E-state index is 5.79. The maximum Gasteiger partial charge on any atom is 0.256 e. The van der Waals surface area contributed by atoms with Gasteiger partial charge in [-0.15, -0.1) is 0 Å². The van der Waals surface area contributed by atoms with Gasteiger partial charge in [-0.05, 0) is 43.4 Å². The molecule has 2 aromatic heterocycles. The molecule has 4 aromatic rings. The Labute approximate surface area is 217 Å². The van der Waals surface area contributed by atoms with Crippen LogP contribution in [-0.2, 0) is 0 Å². The van der Waals surface area contributed by atoms with Crippen LogP contribution in [0.5, 0.6) is 5.88 Å². The van der Waals surface area contributed by atoms with E-state index in [0.717, 1.165) is 65.9 Å². The monoisotopic (exact) mass is 496 g/mol. The Hall–Kier alpha value is -4.07. The molecule has 0 unspecified atom stereocenters. The zero-order chi connectivity index (χ0) is 25.8. The van der Waals surface area contributed by atoms with Gasteiger partial charge in [-0.2, -0.15) is 9.97 Å². The molecule has 8 nitrogen and oxygen atoms in total. The summed E-state index contributed by atoms with van der Waals surface area (Å²) in [5, 5.41) is 8.48. The highest BCUT2D eigenvalue weighted by molar-refractivity contribution is 5.98. The van der Waals surface area contributed by atoms with E-state index in [-0.39, 0.29) is 11.8 Å². The van der Waals surface area contributed by atoms with Crippen molar-refractivity contribution in [1.29, 1.82) is 0 Å². The second kappa shape index (κ2) is 10.9. The number of nitrogens with zero attached hydrogens (tertiary/aromatic N) is 6. The fourth-order valence-corrected chi connectivity index (χ4v) is 4.52. The molecule has 3 heterocycles. The summed E-state index contributed by atoms with van der Waals surface area (Å²) in [7, 11) is 0. The van der Waals surface area contributed by atoms with E-state index in [2.05, 4.69) is 80.4 Å². The molecule has 1 saturated heterocycles. The van der Waals surface area contributed by atoms with E-state index in [1.54, 1.807) is 0 Å². The molecule has 8 heteroatoms. The minimum absolute atomic E-state index is 0.264. The van der Waals surface area contributed by atoms with Gasteiger partial charge < -0.3 is 14.3 Å². The van der Waals surface area contributed by atoms with Crippen LogP contribution in [0, 0.1) is 6.92 Å². The number of rotatable bonds is 7. The van der Waals surface area contributed by atoms with Gasteiger partial charge in [0.15, 0.2) is 5.82 Å². The fraction of sp³-hybridized carbons (Fsp3) is 0.345. The summed E-state index contributed by atoms with van der Waals surface area (Å²) in [5.41, 5.74) is 5.00. The first-order valence-corrected chi connectivity index (χ1v) is 12.8. The van der Waals surface area contributed by atoms with Crippen LogP contribution in [0.1, 0.15) is 68.3 Å². The first-order valence-electron chi connectivity index (χ1n) is 12.8. The van der Waals surface area contributed by atoms with Crippen LogP contribution in [0.2, 0.25) is 0 Å². The topological polar surface area (TPSA) is 89.5 Å². The highest BCUT2D eigenvalue weighted by Crippen LogP contribution is 2.32. The van der Waals surface area contributed by atoms with Crippen LogP contribution in [0.4, 0.5) is 5.82 Å². The average molecular weight is 497 g/mol. The molecule has 1 aliphatic rings. The first kappa shape index (κ1) is 24.6. The van der Waals surface area contributed by atoms with E-state index in [4.69, 9.17) is 9.36 Å². The van der Waals surface area contributed by atoms with Gasteiger partial charge in [0.05, 0.1) is 11.3 Å². The predicted molar refractivity (Wildman–Crippen MR) is 144 cm³/mol. The Bertz CT molecular complexity index is 1360. The summed E-state index contributed by atoms with van der Waals surface area (Å²) in [6.45, 7) is 9.74. The molecule has 0 saturated carbocycles. The lowest BCUT2D eigenvalue weighted by atomic mass is 9.96. The molecular weight excluding hydrogens is 464 g/mol. The fourth-order valence-electron chi connectivity index (χ4n) is 4.52. The van der Waals surface area contributed by atoms with E-state index in [1.165, 1.54) is 11.9 Å². The molecule has 0 amide bonds. The maximum atomic E-state index is 5.79. The third kappa shape index (κ3) is 5.53. The Kier molecular flexibility index (Phi) is 7.25. The second-order valence-electron chi connectivity index (χ2n) is 9.75. The Morgan fingerprint density at radius 1 is 1.00 bits per heavy atom. The Balaban J connectivity index is 1.23. The summed E-state index contributed by atoms with van der Waals surface area (Å²) >= 11 is 0. The SMILES string of the molecule is CC(=NOc1ncnc(N2CCC(c3nc(C(C)C)no3)CC2)c1C)c1ccc(-c2ccccc2)cc1. The van der Waals surface area contributed by atoms with Gasteiger partial charge >= 0.3 is 0 Å². The van der Waals surface area contributed by atoms with Crippen molar-refractivity contribution in [1.82, 2.24) is 20.1 Å². The summed E-state index contributed by atoms with van der Waals surface area (Å²) in [6, 6.07) is 18.6. The minimum Gasteiger partial charge on any atom is -0.356 e. The van der Waals surface area contributed by atoms with Crippen molar-refractivity contribution in [3.63, 3.8) is 0 Å². The van der Waals surface area contributed by atoms with Crippen molar-refractivity contribution < 1.29 is 9.36 Å². The van der Waals surface area contributed by atoms with Crippen LogP contribution < -0.4 is 9.74 Å². The highest BCUT2D eigenvalue weighted by Gasteiger charge is 2.27. The van der Waals surface area contributed by atoms with Crippen molar-refractivity contribution in [3.8, 4) is 17.0 Å². The van der Waals surface area contributed by atoms with Gasteiger partial charge in [-0.25, -0.2) is 4.98 Å². The number of hydrogen-bond acceptors (Lipinski definition) is 8. The lowest BCUT2D eigenvalue weighted by molar-refractivity contribution is 0.321. The highest BCUT2D eigenvalue weighted by atomic mass is 16.6. The number of piperidine rings is 1. The smallest absolute Gasteiger partial charge is 0.256 e. The van der Waals surface area contributed by atoms with E-state index in [0.29, 0.717) is 5.88 Å².